The van der Waals surface area contributed by atoms with E-state index in [1.165, 1.54) is 31.4 Å². The summed E-state index contributed by atoms with van der Waals surface area (Å²) in [5.41, 5.74) is 0.686. The number of phenols is 2. The van der Waals surface area contributed by atoms with Gasteiger partial charge < -0.3 is 59.1 Å². The lowest BCUT2D eigenvalue weighted by Crippen LogP contribution is -2.60. The summed E-state index contributed by atoms with van der Waals surface area (Å²) < 4.78 is 32.2. The minimum atomic E-state index is -1.71. The Labute approximate surface area is 229 Å². The van der Waals surface area contributed by atoms with Crippen LogP contribution in [0.4, 0.5) is 0 Å². The topological polar surface area (TPSA) is 211 Å². The van der Waals surface area contributed by atoms with Gasteiger partial charge in [-0.3, -0.25) is 4.79 Å². The number of rotatable bonds is 10. The quantitative estimate of drug-likeness (QED) is 0.119. The van der Waals surface area contributed by atoms with Crippen molar-refractivity contribution in [3.63, 3.8) is 0 Å². The van der Waals surface area contributed by atoms with Gasteiger partial charge in [0.15, 0.2) is 17.8 Å². The zero-order valence-electron chi connectivity index (χ0n) is 22.1. The fraction of sp³-hybridized carbons (Fsp3) is 0.538. The molecule has 8 atom stereocenters. The van der Waals surface area contributed by atoms with Crippen LogP contribution >= 0.6 is 0 Å². The molecule has 1 aromatic rings. The van der Waals surface area contributed by atoms with Crippen molar-refractivity contribution in [2.45, 2.75) is 56.4 Å². The molecule has 2 heterocycles. The maximum absolute atomic E-state index is 12.9. The predicted octanol–water partition coefficient (Wildman–Crippen LogP) is -0.489. The van der Waals surface area contributed by atoms with Crippen molar-refractivity contribution in [1.29, 1.82) is 0 Å². The Hall–Kier alpha value is -3.24. The molecule has 0 aromatic heterocycles. The first-order valence-electron chi connectivity index (χ1n) is 12.3. The van der Waals surface area contributed by atoms with E-state index in [4.69, 9.17) is 28.4 Å². The monoisotopic (exact) mass is 570 g/mol. The van der Waals surface area contributed by atoms with Gasteiger partial charge in [-0.25, -0.2) is 4.79 Å². The van der Waals surface area contributed by atoms with Crippen LogP contribution in [0.3, 0.4) is 0 Å². The van der Waals surface area contributed by atoms with Crippen LogP contribution in [0.5, 0.6) is 11.5 Å². The largest absolute Gasteiger partial charge is 0.504 e. The summed E-state index contributed by atoms with van der Waals surface area (Å²) >= 11 is 0. The van der Waals surface area contributed by atoms with Gasteiger partial charge in [0.1, 0.15) is 37.1 Å². The number of hydrogen-bond acceptors (Lipinski definition) is 14. The van der Waals surface area contributed by atoms with E-state index in [0.717, 1.165) is 13.4 Å². The molecule has 0 radical (unpaired) electrons. The second kappa shape index (κ2) is 13.9. The van der Waals surface area contributed by atoms with Crippen molar-refractivity contribution in [2.75, 3.05) is 27.4 Å². The molecule has 0 unspecified atom stereocenters. The Morgan fingerprint density at radius 1 is 1.07 bits per heavy atom. The molecule has 6 N–H and O–H groups in total. The number of aromatic hydroxyl groups is 2. The Kier molecular flexibility index (Phi) is 10.9. The number of benzene rings is 1. The summed E-state index contributed by atoms with van der Waals surface area (Å²) in [5.74, 6) is -3.16. The molecule has 14 nitrogen and oxygen atoms in total. The highest BCUT2D eigenvalue weighted by Crippen LogP contribution is 2.36. The first-order valence-corrected chi connectivity index (χ1v) is 12.3. The summed E-state index contributed by atoms with van der Waals surface area (Å²) in [7, 11) is 2.53. The van der Waals surface area contributed by atoms with Crippen molar-refractivity contribution in [2.24, 2.45) is 5.92 Å². The van der Waals surface area contributed by atoms with E-state index in [2.05, 4.69) is 0 Å². The number of carbonyl (C=O) groups is 2. The molecule has 222 valence electrons. The molecule has 1 aromatic carbocycles. The van der Waals surface area contributed by atoms with E-state index < -0.39 is 67.6 Å². The highest BCUT2D eigenvalue weighted by Gasteiger charge is 2.47. The summed E-state index contributed by atoms with van der Waals surface area (Å²) in [4.78, 5) is 25.4. The van der Waals surface area contributed by atoms with E-state index in [1.54, 1.807) is 6.92 Å². The predicted molar refractivity (Wildman–Crippen MR) is 132 cm³/mol. The van der Waals surface area contributed by atoms with Gasteiger partial charge in [-0.05, 0) is 24.6 Å². The van der Waals surface area contributed by atoms with Crippen LogP contribution in [0, 0.1) is 5.92 Å². The molecule has 14 heteroatoms. The lowest BCUT2D eigenvalue weighted by atomic mass is 9.86. The third-order valence-electron chi connectivity index (χ3n) is 6.65. The maximum Gasteiger partial charge on any atom is 0.337 e. The van der Waals surface area contributed by atoms with Gasteiger partial charge in [-0.1, -0.05) is 12.1 Å². The van der Waals surface area contributed by atoms with Gasteiger partial charge in [0.25, 0.3) is 0 Å². The molecular weight excluding hydrogens is 536 g/mol. The normalized spacial score (nSPS) is 30.2. The van der Waals surface area contributed by atoms with E-state index in [0.29, 0.717) is 5.56 Å². The summed E-state index contributed by atoms with van der Waals surface area (Å²) in [6, 6.07) is 4.03. The third kappa shape index (κ3) is 6.90. The Morgan fingerprint density at radius 2 is 1.80 bits per heavy atom. The number of aliphatic hydroxyl groups is 4. The van der Waals surface area contributed by atoms with Crippen LogP contribution < -0.4 is 0 Å². The number of hydrogen-bond donors (Lipinski definition) is 6. The molecule has 0 saturated carbocycles. The summed E-state index contributed by atoms with van der Waals surface area (Å²) in [6.07, 6.45) is -7.63. The molecule has 0 bridgehead atoms. The maximum atomic E-state index is 12.9. The number of phenolic OH excluding ortho intramolecular Hbond substituents is 2. The van der Waals surface area contributed by atoms with Crippen molar-refractivity contribution in [3.8, 4) is 11.5 Å². The number of methoxy groups -OCH3 is 2. The molecule has 0 amide bonds. The smallest absolute Gasteiger partial charge is 0.337 e. The van der Waals surface area contributed by atoms with Gasteiger partial charge in [0.05, 0.1) is 32.0 Å². The van der Waals surface area contributed by atoms with Crippen LogP contribution in [-0.2, 0) is 38.0 Å². The Morgan fingerprint density at radius 3 is 2.40 bits per heavy atom. The lowest BCUT2D eigenvalue weighted by molar-refractivity contribution is -0.327. The Balaban J connectivity index is 1.75. The fourth-order valence-electron chi connectivity index (χ4n) is 4.36. The van der Waals surface area contributed by atoms with Gasteiger partial charge in [0, 0.05) is 18.6 Å². The number of carbonyl (C=O) groups excluding carboxylic acids is 2. The second-order valence-electron chi connectivity index (χ2n) is 9.07. The molecule has 3 rings (SSSR count). The number of aliphatic hydroxyl groups excluding tert-OH is 4. The molecule has 2 aliphatic rings. The first kappa shape index (κ1) is 31.3. The minimum absolute atomic E-state index is 0.0204. The summed E-state index contributed by atoms with van der Waals surface area (Å²) in [6.45, 7) is 0.676. The lowest BCUT2D eigenvalue weighted by Gasteiger charge is -2.41. The van der Waals surface area contributed by atoms with Crippen molar-refractivity contribution in [1.82, 2.24) is 0 Å². The van der Waals surface area contributed by atoms with E-state index in [-0.39, 0.29) is 35.7 Å². The standard InChI is InChI=1S/C26H34O14/c1-4-13-14(8-20(30)37-11-19(35-2)12-5-6-16(28)17(29)7-12)15(24(34)36-3)10-38-25(13)40-26-23(33)22(32)21(31)18(9-27)39-26/h4-7,10,14,18-19,21-23,25-29,31-33H,8-9,11H2,1-3H3/b13-4+/t14-,18+,19-,21+,22-,23+,25-,26-/m0/s1. The molecule has 40 heavy (non-hydrogen) atoms. The van der Waals surface area contributed by atoms with Crippen molar-refractivity contribution < 1.29 is 68.6 Å². The van der Waals surface area contributed by atoms with Gasteiger partial charge in [-0.2, -0.15) is 0 Å². The van der Waals surface area contributed by atoms with Crippen LogP contribution in [0.2, 0.25) is 0 Å². The SMILES string of the molecule is C/C=C1/[C@H](O[C@@H]2O[C@H](CO)[C@@H](O)[C@H](O)[C@H]2O)OC=C(C(=O)OC)[C@H]1CC(=O)OC[C@H](OC)c1ccc(O)c(O)c1. The second-order valence-corrected chi connectivity index (χ2v) is 9.07. The molecular formula is C26H34O14. The molecule has 1 saturated heterocycles. The number of allylic oxidation sites excluding steroid dienone is 1. The third-order valence-corrected chi connectivity index (χ3v) is 6.65. The van der Waals surface area contributed by atoms with E-state index in [9.17, 15) is 40.2 Å². The van der Waals surface area contributed by atoms with E-state index >= 15 is 0 Å². The Bertz CT molecular complexity index is 1100. The fourth-order valence-corrected chi connectivity index (χ4v) is 4.36. The van der Waals surface area contributed by atoms with Gasteiger partial charge in [-0.15, -0.1) is 0 Å². The van der Waals surface area contributed by atoms with Crippen molar-refractivity contribution in [3.05, 3.63) is 47.2 Å². The average Bonchev–Trinajstić information content (AvgIpc) is 2.95. The highest BCUT2D eigenvalue weighted by molar-refractivity contribution is 5.90. The van der Waals surface area contributed by atoms with Crippen LogP contribution in [0.25, 0.3) is 0 Å². The average molecular weight is 571 g/mol. The van der Waals surface area contributed by atoms with Crippen LogP contribution in [0.1, 0.15) is 25.0 Å². The van der Waals surface area contributed by atoms with E-state index in [1.807, 2.05) is 0 Å². The molecule has 2 aliphatic heterocycles. The van der Waals surface area contributed by atoms with Gasteiger partial charge >= 0.3 is 11.9 Å². The van der Waals surface area contributed by atoms with Gasteiger partial charge in [0.2, 0.25) is 6.29 Å². The minimum Gasteiger partial charge on any atom is -0.504 e. The first-order chi connectivity index (χ1) is 19.1. The zero-order valence-corrected chi connectivity index (χ0v) is 22.1. The molecule has 0 spiro atoms. The molecule has 1 fully saturated rings. The summed E-state index contributed by atoms with van der Waals surface area (Å²) in [5, 5.41) is 59.2. The number of esters is 2. The highest BCUT2D eigenvalue weighted by atomic mass is 16.8. The van der Waals surface area contributed by atoms with Crippen LogP contribution in [0.15, 0.2) is 41.7 Å². The molecule has 0 aliphatic carbocycles. The zero-order chi connectivity index (χ0) is 29.6. The van der Waals surface area contributed by atoms with Crippen molar-refractivity contribution >= 4 is 11.9 Å². The van der Waals surface area contributed by atoms with Crippen LogP contribution in [-0.4, -0.2) is 107 Å². The number of ether oxygens (including phenoxy) is 6.